The van der Waals surface area contributed by atoms with Crippen molar-refractivity contribution in [3.8, 4) is 10.8 Å². The van der Waals surface area contributed by atoms with E-state index < -0.39 is 5.97 Å². The van der Waals surface area contributed by atoms with Crippen molar-refractivity contribution in [2.24, 2.45) is 0 Å². The molecule has 2 aromatic rings. The van der Waals surface area contributed by atoms with Gasteiger partial charge in [-0.05, 0) is 12.8 Å². The van der Waals surface area contributed by atoms with Gasteiger partial charge in [-0.15, -0.1) is 11.3 Å². The fourth-order valence-electron chi connectivity index (χ4n) is 2.61. The number of carbonyl (C=O) groups is 2. The fraction of sp³-hybridized carbons (Fsp3) is 0.400. The van der Waals surface area contributed by atoms with Crippen LogP contribution in [0, 0.1) is 0 Å². The first-order chi connectivity index (χ1) is 11.5. The highest BCUT2D eigenvalue weighted by Gasteiger charge is 2.22. The molecule has 24 heavy (non-hydrogen) atoms. The van der Waals surface area contributed by atoms with Crippen LogP contribution in [0.15, 0.2) is 17.6 Å². The molecule has 0 atom stereocenters. The summed E-state index contributed by atoms with van der Waals surface area (Å²) < 4.78 is 0. The number of rotatable bonds is 4. The van der Waals surface area contributed by atoms with E-state index in [0.717, 1.165) is 12.8 Å². The van der Waals surface area contributed by atoms with Gasteiger partial charge in [0.05, 0.1) is 0 Å². The number of anilines is 1. The van der Waals surface area contributed by atoms with E-state index >= 15 is 0 Å². The summed E-state index contributed by atoms with van der Waals surface area (Å²) in [7, 11) is 0. The van der Waals surface area contributed by atoms with Gasteiger partial charge < -0.3 is 15.3 Å². The van der Waals surface area contributed by atoms with Gasteiger partial charge in [0.1, 0.15) is 5.82 Å². The van der Waals surface area contributed by atoms with Crippen LogP contribution in [0.3, 0.4) is 0 Å². The molecule has 2 aromatic heterocycles. The molecule has 8 nitrogen and oxygen atoms in total. The van der Waals surface area contributed by atoms with E-state index in [1.54, 1.807) is 18.5 Å². The molecule has 0 saturated carbocycles. The number of nitrogens with zero attached hydrogens (tertiary/aromatic N) is 4. The Hall–Kier alpha value is -2.55. The first-order valence-electron chi connectivity index (χ1n) is 7.57. The minimum atomic E-state index is -1.11. The van der Waals surface area contributed by atoms with Crippen LogP contribution in [-0.2, 0) is 4.79 Å². The Morgan fingerprint density at radius 1 is 1.33 bits per heavy atom. The molecular formula is C15H17N5O3S. The highest BCUT2D eigenvalue weighted by Crippen LogP contribution is 2.22. The van der Waals surface area contributed by atoms with Gasteiger partial charge in [-0.2, -0.15) is 0 Å². The Kier molecular flexibility index (Phi) is 4.70. The lowest BCUT2D eigenvalue weighted by Gasteiger charge is -2.32. The number of nitrogens with one attached hydrogen (secondary N) is 1. The number of hydrogen-bond donors (Lipinski definition) is 2. The Bertz CT molecular complexity index is 742. The number of amides is 1. The third kappa shape index (κ3) is 3.67. The van der Waals surface area contributed by atoms with E-state index in [1.807, 2.05) is 4.90 Å². The largest absolute Gasteiger partial charge is 0.477 e. The molecule has 1 saturated heterocycles. The topological polar surface area (TPSA) is 108 Å². The second kappa shape index (κ2) is 6.91. The van der Waals surface area contributed by atoms with E-state index in [2.05, 4.69) is 20.3 Å². The minimum absolute atomic E-state index is 0.0705. The average Bonchev–Trinajstić information content (AvgIpc) is 3.09. The molecule has 3 heterocycles. The molecule has 1 fully saturated rings. The van der Waals surface area contributed by atoms with Crippen LogP contribution in [0.1, 0.15) is 30.3 Å². The molecule has 9 heteroatoms. The summed E-state index contributed by atoms with van der Waals surface area (Å²) in [6.07, 6.45) is 3.21. The quantitative estimate of drug-likeness (QED) is 0.867. The molecule has 1 aliphatic rings. The first kappa shape index (κ1) is 16.3. The zero-order chi connectivity index (χ0) is 17.1. The Balaban J connectivity index is 1.78. The summed E-state index contributed by atoms with van der Waals surface area (Å²) in [6, 6.07) is 1.57. The third-order valence-electron chi connectivity index (χ3n) is 3.86. The summed E-state index contributed by atoms with van der Waals surface area (Å²) in [4.78, 5) is 37.1. The van der Waals surface area contributed by atoms with Crippen molar-refractivity contribution in [1.29, 1.82) is 0 Å². The van der Waals surface area contributed by atoms with Crippen LogP contribution in [0.2, 0.25) is 0 Å². The minimum Gasteiger partial charge on any atom is -0.477 e. The molecule has 0 unspecified atom stereocenters. The monoisotopic (exact) mass is 347 g/mol. The second-order valence-corrected chi connectivity index (χ2v) is 6.42. The molecule has 0 spiro atoms. The van der Waals surface area contributed by atoms with Crippen LogP contribution >= 0.6 is 11.3 Å². The molecule has 0 bridgehead atoms. The highest BCUT2D eigenvalue weighted by molar-refractivity contribution is 7.13. The number of carboxylic acid groups (broad SMARTS) is 1. The molecule has 3 rings (SSSR count). The molecule has 126 valence electrons. The van der Waals surface area contributed by atoms with Crippen molar-refractivity contribution in [3.05, 3.63) is 23.3 Å². The zero-order valence-corrected chi connectivity index (χ0v) is 13.9. The van der Waals surface area contributed by atoms with Crippen molar-refractivity contribution < 1.29 is 14.7 Å². The summed E-state index contributed by atoms with van der Waals surface area (Å²) in [6.45, 7) is 2.93. The lowest BCUT2D eigenvalue weighted by atomic mass is 10.1. The number of thiazole rings is 1. The van der Waals surface area contributed by atoms with Crippen molar-refractivity contribution >= 4 is 29.0 Å². The number of aromatic carboxylic acids is 1. The van der Waals surface area contributed by atoms with Crippen molar-refractivity contribution in [2.75, 3.05) is 18.4 Å². The van der Waals surface area contributed by atoms with Gasteiger partial charge in [-0.1, -0.05) is 0 Å². The molecule has 0 radical (unpaired) electrons. The van der Waals surface area contributed by atoms with Gasteiger partial charge in [0.15, 0.2) is 16.5 Å². The summed E-state index contributed by atoms with van der Waals surface area (Å²) in [5, 5.41) is 14.9. The molecule has 1 amide bonds. The molecule has 2 N–H and O–H groups in total. The molecule has 0 aliphatic carbocycles. The Labute approximate surface area is 142 Å². The smallest absolute Gasteiger partial charge is 0.354 e. The van der Waals surface area contributed by atoms with E-state index in [9.17, 15) is 14.7 Å². The maximum Gasteiger partial charge on any atom is 0.354 e. The van der Waals surface area contributed by atoms with Crippen LogP contribution in [-0.4, -0.2) is 56.0 Å². The molecule has 0 aromatic carbocycles. The van der Waals surface area contributed by atoms with Crippen molar-refractivity contribution in [1.82, 2.24) is 19.9 Å². The van der Waals surface area contributed by atoms with Gasteiger partial charge in [0.2, 0.25) is 5.91 Å². The molecular weight excluding hydrogens is 330 g/mol. The SMILES string of the molecule is CC(=O)N1CCC(Nc2cc(C(=O)O)nc(-c3nccs3)n2)CC1. The van der Waals surface area contributed by atoms with Crippen LogP contribution in [0.4, 0.5) is 5.82 Å². The summed E-state index contributed by atoms with van der Waals surface area (Å²) >= 11 is 1.35. The third-order valence-corrected chi connectivity index (χ3v) is 4.63. The van der Waals surface area contributed by atoms with E-state index in [-0.39, 0.29) is 17.6 Å². The van der Waals surface area contributed by atoms with Gasteiger partial charge in [0, 0.05) is 43.7 Å². The van der Waals surface area contributed by atoms with Gasteiger partial charge in [-0.25, -0.2) is 19.7 Å². The Morgan fingerprint density at radius 2 is 2.08 bits per heavy atom. The van der Waals surface area contributed by atoms with Crippen LogP contribution < -0.4 is 5.32 Å². The van der Waals surface area contributed by atoms with Gasteiger partial charge in [0.25, 0.3) is 0 Å². The van der Waals surface area contributed by atoms with E-state index in [0.29, 0.717) is 29.7 Å². The maximum absolute atomic E-state index is 11.4. The standard InChI is InChI=1S/C15H17N5O3S/c1-9(21)20-5-2-10(3-6-20)17-12-8-11(15(22)23)18-13(19-12)14-16-4-7-24-14/h4,7-8,10H,2-3,5-6H2,1H3,(H,22,23)(H,17,18,19). The molecule has 1 aliphatic heterocycles. The Morgan fingerprint density at radius 3 is 2.67 bits per heavy atom. The number of carbonyl (C=O) groups excluding carboxylic acids is 1. The fourth-order valence-corrected chi connectivity index (χ4v) is 3.18. The normalized spacial score (nSPS) is 15.3. The van der Waals surface area contributed by atoms with Gasteiger partial charge in [-0.3, -0.25) is 4.79 Å². The van der Waals surface area contributed by atoms with Crippen LogP contribution in [0.5, 0.6) is 0 Å². The zero-order valence-electron chi connectivity index (χ0n) is 13.1. The number of hydrogen-bond acceptors (Lipinski definition) is 7. The predicted molar refractivity (Wildman–Crippen MR) is 89.0 cm³/mol. The van der Waals surface area contributed by atoms with E-state index in [4.69, 9.17) is 0 Å². The van der Waals surface area contributed by atoms with Crippen molar-refractivity contribution in [3.63, 3.8) is 0 Å². The number of piperidine rings is 1. The summed E-state index contributed by atoms with van der Waals surface area (Å²) in [5.41, 5.74) is -0.0705. The summed E-state index contributed by atoms with van der Waals surface area (Å²) in [5.74, 6) is -0.262. The van der Waals surface area contributed by atoms with Crippen molar-refractivity contribution in [2.45, 2.75) is 25.8 Å². The number of carboxylic acids is 1. The van der Waals surface area contributed by atoms with E-state index in [1.165, 1.54) is 17.4 Å². The average molecular weight is 347 g/mol. The second-order valence-electron chi connectivity index (χ2n) is 5.53. The number of aromatic nitrogens is 3. The predicted octanol–water partition coefficient (Wildman–Crippen LogP) is 1.72. The highest BCUT2D eigenvalue weighted by atomic mass is 32.1. The van der Waals surface area contributed by atoms with Gasteiger partial charge >= 0.3 is 5.97 Å². The maximum atomic E-state index is 11.4. The number of likely N-dealkylation sites (tertiary alicyclic amines) is 1. The first-order valence-corrected chi connectivity index (χ1v) is 8.45. The lowest BCUT2D eigenvalue weighted by Crippen LogP contribution is -2.41. The van der Waals surface area contributed by atoms with Crippen LogP contribution in [0.25, 0.3) is 10.8 Å². The lowest BCUT2D eigenvalue weighted by molar-refractivity contribution is -0.129.